The van der Waals surface area contributed by atoms with Crippen LogP contribution >= 0.6 is 23.2 Å². The van der Waals surface area contributed by atoms with Crippen molar-refractivity contribution >= 4 is 65.3 Å². The van der Waals surface area contributed by atoms with Crippen molar-refractivity contribution in [1.29, 1.82) is 0 Å². The summed E-state index contributed by atoms with van der Waals surface area (Å²) in [4.78, 5) is 5.05. The zero-order valence-corrected chi connectivity index (χ0v) is 25.3. The molecule has 0 unspecified atom stereocenters. The predicted molar refractivity (Wildman–Crippen MR) is 164 cm³/mol. The Morgan fingerprint density at radius 3 is 2.45 bits per heavy atom. The van der Waals surface area contributed by atoms with Crippen molar-refractivity contribution in [2.45, 2.75) is 33.2 Å². The molecular formula is C32H34Cl2N3Se+. The third-order valence-corrected chi connectivity index (χ3v) is 9.98. The van der Waals surface area contributed by atoms with Crippen molar-refractivity contribution in [3.63, 3.8) is 0 Å². The van der Waals surface area contributed by atoms with Crippen LogP contribution < -0.4 is 13.9 Å². The molecule has 1 aliphatic heterocycles. The molecule has 3 aromatic carbocycles. The number of unbranched alkanes of at least 4 members (excludes halogenated alkanes) is 1. The Kier molecular flexibility index (Phi) is 9.09. The van der Waals surface area contributed by atoms with Gasteiger partial charge in [0, 0.05) is 0 Å². The Bertz CT molecular complexity index is 1430. The van der Waals surface area contributed by atoms with E-state index in [0.717, 1.165) is 42.8 Å². The molecule has 0 atom stereocenters. The standard InChI is InChI=1S/C32H34Cl2N3Se/c1-3-35(4-2)18-7-8-19-37-30-16-15-27(34)22-31(30)38-32(37)21-25-17-20-36(29-10-6-5-9-28(25)29)23-24-11-13-26(33)14-12-24/h5-6,9-17,20-22H,3-4,7-8,18-19,23H2,1-2H3/q+1. The van der Waals surface area contributed by atoms with Crippen LogP contribution in [0.3, 0.4) is 0 Å². The molecule has 0 saturated carbocycles. The second-order valence-electron chi connectivity index (χ2n) is 9.62. The number of fused-ring (bicyclic) bond motifs is 2. The average molecular weight is 611 g/mol. The van der Waals surface area contributed by atoms with Crippen LogP contribution in [0.4, 0.5) is 5.69 Å². The predicted octanol–water partition coefficient (Wildman–Crippen LogP) is 6.75. The van der Waals surface area contributed by atoms with E-state index in [1.165, 1.54) is 49.6 Å². The van der Waals surface area contributed by atoms with Crippen molar-refractivity contribution in [3.05, 3.63) is 105 Å². The molecule has 0 bridgehead atoms. The van der Waals surface area contributed by atoms with Gasteiger partial charge in [0.1, 0.15) is 0 Å². The molecule has 3 nitrogen and oxygen atoms in total. The summed E-state index contributed by atoms with van der Waals surface area (Å²) >= 11 is 12.7. The molecule has 1 aliphatic rings. The first kappa shape index (κ1) is 27.2. The van der Waals surface area contributed by atoms with Crippen molar-refractivity contribution in [2.24, 2.45) is 0 Å². The Labute approximate surface area is 242 Å². The normalized spacial score (nSPS) is 14.1. The number of nitrogens with zero attached hydrogens (tertiary/aromatic N) is 3. The van der Waals surface area contributed by atoms with Crippen molar-refractivity contribution in [1.82, 2.24) is 4.90 Å². The van der Waals surface area contributed by atoms with Gasteiger partial charge in [0.2, 0.25) is 0 Å². The fourth-order valence-corrected chi connectivity index (χ4v) is 7.97. The van der Waals surface area contributed by atoms with Crippen LogP contribution in [0.1, 0.15) is 37.8 Å². The number of para-hydroxylation sites is 1. The molecule has 0 amide bonds. The number of anilines is 1. The molecule has 1 aromatic heterocycles. The van der Waals surface area contributed by atoms with E-state index in [0.29, 0.717) is 0 Å². The van der Waals surface area contributed by atoms with E-state index < -0.39 is 0 Å². The number of hydrogen-bond donors (Lipinski definition) is 0. The number of pyridine rings is 1. The van der Waals surface area contributed by atoms with E-state index in [4.69, 9.17) is 23.2 Å². The maximum atomic E-state index is 6.40. The molecule has 196 valence electrons. The molecule has 0 fully saturated rings. The molecule has 5 rings (SSSR count). The van der Waals surface area contributed by atoms with Gasteiger partial charge in [-0.2, -0.15) is 0 Å². The average Bonchev–Trinajstić information content (AvgIpc) is 3.27. The molecule has 0 spiro atoms. The first-order valence-electron chi connectivity index (χ1n) is 13.4. The number of aromatic nitrogens is 1. The molecule has 0 saturated heterocycles. The van der Waals surface area contributed by atoms with Gasteiger partial charge in [0.15, 0.2) is 0 Å². The summed E-state index contributed by atoms with van der Waals surface area (Å²) in [6.07, 6.45) is 7.00. The van der Waals surface area contributed by atoms with Gasteiger partial charge in [-0.05, 0) is 0 Å². The van der Waals surface area contributed by atoms with Gasteiger partial charge < -0.3 is 0 Å². The van der Waals surface area contributed by atoms with Crippen molar-refractivity contribution in [2.75, 3.05) is 31.1 Å². The van der Waals surface area contributed by atoms with Crippen LogP contribution in [0.15, 0.2) is 83.6 Å². The van der Waals surface area contributed by atoms with Crippen LogP contribution in [0.5, 0.6) is 0 Å². The third-order valence-electron chi connectivity index (χ3n) is 7.20. The molecule has 0 N–H and O–H groups in total. The number of rotatable bonds is 10. The SMILES string of the molecule is CCN(CC)CCCCN1/C(=C/c2cc[n+](Cc3ccc(Cl)cc3)c3ccccc23)[Se]c2cc(Cl)ccc21. The summed E-state index contributed by atoms with van der Waals surface area (Å²) in [7, 11) is 0. The quantitative estimate of drug-likeness (QED) is 0.112. The van der Waals surface area contributed by atoms with Gasteiger partial charge in [-0.3, -0.25) is 0 Å². The van der Waals surface area contributed by atoms with Gasteiger partial charge in [-0.25, -0.2) is 0 Å². The van der Waals surface area contributed by atoms with Crippen LogP contribution in [0.2, 0.25) is 10.0 Å². The summed E-state index contributed by atoms with van der Waals surface area (Å²) < 4.78 is 5.09. The van der Waals surface area contributed by atoms with Crippen LogP contribution in [0, 0.1) is 0 Å². The van der Waals surface area contributed by atoms with Gasteiger partial charge >= 0.3 is 244 Å². The molecule has 38 heavy (non-hydrogen) atoms. The summed E-state index contributed by atoms with van der Waals surface area (Å²) in [6, 6.07) is 25.5. The van der Waals surface area contributed by atoms with E-state index >= 15 is 0 Å². The Morgan fingerprint density at radius 1 is 0.895 bits per heavy atom. The molecule has 0 radical (unpaired) electrons. The van der Waals surface area contributed by atoms with Gasteiger partial charge in [0.25, 0.3) is 0 Å². The molecule has 6 heteroatoms. The first-order chi connectivity index (χ1) is 18.6. The monoisotopic (exact) mass is 610 g/mol. The topological polar surface area (TPSA) is 10.4 Å². The van der Waals surface area contributed by atoms with Crippen LogP contribution in [0.25, 0.3) is 17.0 Å². The van der Waals surface area contributed by atoms with E-state index in [-0.39, 0.29) is 15.0 Å². The zero-order chi connectivity index (χ0) is 26.5. The third kappa shape index (κ3) is 6.28. The van der Waals surface area contributed by atoms with Crippen LogP contribution in [-0.2, 0) is 6.54 Å². The fraction of sp³-hybridized carbons (Fsp3) is 0.281. The van der Waals surface area contributed by atoms with Crippen LogP contribution in [-0.4, -0.2) is 46.0 Å². The minimum absolute atomic E-state index is 0.218. The zero-order valence-electron chi connectivity index (χ0n) is 22.0. The molecule has 4 aromatic rings. The number of benzene rings is 3. The van der Waals surface area contributed by atoms with Crippen molar-refractivity contribution in [3.8, 4) is 0 Å². The molecule has 2 heterocycles. The Morgan fingerprint density at radius 2 is 1.66 bits per heavy atom. The van der Waals surface area contributed by atoms with Gasteiger partial charge in [-0.1, -0.05) is 0 Å². The second kappa shape index (κ2) is 12.7. The Balaban J connectivity index is 1.44. The summed E-state index contributed by atoms with van der Waals surface area (Å²) in [5.74, 6) is 0. The first-order valence-corrected chi connectivity index (χ1v) is 15.9. The van der Waals surface area contributed by atoms with Gasteiger partial charge in [0.05, 0.1) is 0 Å². The molecule has 0 aliphatic carbocycles. The number of hydrogen-bond acceptors (Lipinski definition) is 2. The number of halogens is 2. The van der Waals surface area contributed by atoms with E-state index in [1.54, 1.807) is 0 Å². The van der Waals surface area contributed by atoms with Gasteiger partial charge in [-0.15, -0.1) is 0 Å². The summed E-state index contributed by atoms with van der Waals surface area (Å²) in [5.41, 5.74) is 5.05. The Hall–Kier alpha value is -2.33. The second-order valence-corrected chi connectivity index (χ2v) is 12.7. The fourth-order valence-electron chi connectivity index (χ4n) is 5.05. The van der Waals surface area contributed by atoms with E-state index in [9.17, 15) is 0 Å². The maximum absolute atomic E-state index is 6.40. The minimum atomic E-state index is 0.218. The van der Waals surface area contributed by atoms with Crippen molar-refractivity contribution < 1.29 is 4.57 Å². The summed E-state index contributed by atoms with van der Waals surface area (Å²) in [6.45, 7) is 9.73. The van der Waals surface area contributed by atoms with E-state index in [1.807, 2.05) is 18.2 Å². The van der Waals surface area contributed by atoms with E-state index in [2.05, 4.69) is 95.1 Å². The molecular weight excluding hydrogens is 576 g/mol. The summed E-state index contributed by atoms with van der Waals surface area (Å²) in [5, 5.41) is 2.86.